The van der Waals surface area contributed by atoms with Crippen LogP contribution in [0.1, 0.15) is 44.6 Å². The van der Waals surface area contributed by atoms with Crippen molar-refractivity contribution in [1.29, 1.82) is 0 Å². The number of aromatic nitrogens is 1. The number of aliphatic imine (C=N–C) groups is 1. The summed E-state index contributed by atoms with van der Waals surface area (Å²) in [5, 5.41) is 10.1. The summed E-state index contributed by atoms with van der Waals surface area (Å²) in [7, 11) is 0. The van der Waals surface area contributed by atoms with Gasteiger partial charge in [-0.15, -0.1) is 12.4 Å². The highest BCUT2D eigenvalue weighted by atomic mass is 35.5. The van der Waals surface area contributed by atoms with Crippen LogP contribution in [-0.2, 0) is 4.84 Å². The van der Waals surface area contributed by atoms with E-state index in [-0.39, 0.29) is 19.0 Å². The Balaban J connectivity index is 0.00000312. The average molecular weight is 371 g/mol. The average Bonchev–Trinajstić information content (AvgIpc) is 2.62. The Morgan fingerprint density at radius 1 is 1.40 bits per heavy atom. The Hall–Kier alpha value is -1.21. The number of likely N-dealkylation sites (tertiary alicyclic amines) is 1. The number of amidine groups is 1. The van der Waals surface area contributed by atoms with Gasteiger partial charge in [0, 0.05) is 31.0 Å². The summed E-state index contributed by atoms with van der Waals surface area (Å²) in [5.74, 6) is 0.668. The normalized spacial score (nSPS) is 17.0. The van der Waals surface area contributed by atoms with Crippen LogP contribution < -0.4 is 5.48 Å². The Labute approximate surface area is 157 Å². The van der Waals surface area contributed by atoms with Crippen molar-refractivity contribution >= 4 is 18.2 Å². The number of pyridine rings is 1. The van der Waals surface area contributed by atoms with Crippen LogP contribution >= 0.6 is 12.4 Å². The van der Waals surface area contributed by atoms with Gasteiger partial charge in [-0.25, -0.2) is 5.48 Å². The van der Waals surface area contributed by atoms with Crippen LogP contribution in [0.5, 0.6) is 0 Å². The molecule has 1 atom stereocenters. The van der Waals surface area contributed by atoms with Crippen LogP contribution in [0, 0.1) is 0 Å². The molecule has 0 radical (unpaired) electrons. The van der Waals surface area contributed by atoms with E-state index in [4.69, 9.17) is 4.84 Å². The van der Waals surface area contributed by atoms with Gasteiger partial charge >= 0.3 is 0 Å². The maximum atomic E-state index is 10.1. The number of nitrogens with zero attached hydrogens (tertiary/aromatic N) is 3. The number of β-amino-alcohol motifs (C(OH)–C–C–N with tert-alkyl or cyclic N) is 1. The molecule has 0 saturated carbocycles. The first kappa shape index (κ1) is 21.8. The van der Waals surface area contributed by atoms with E-state index in [2.05, 4.69) is 27.3 Å². The van der Waals surface area contributed by atoms with Crippen molar-refractivity contribution in [3.05, 3.63) is 30.1 Å². The Kier molecular flexibility index (Phi) is 11.4. The molecule has 0 aliphatic carbocycles. The molecule has 2 rings (SSSR count). The molecular weight excluding hydrogens is 340 g/mol. The molecule has 2 N–H and O–H groups in total. The van der Waals surface area contributed by atoms with Crippen LogP contribution in [0.3, 0.4) is 0 Å². The number of aliphatic hydroxyl groups is 1. The van der Waals surface area contributed by atoms with Crippen molar-refractivity contribution in [3.8, 4) is 0 Å². The zero-order valence-corrected chi connectivity index (χ0v) is 15.9. The smallest absolute Gasteiger partial charge is 0.153 e. The highest BCUT2D eigenvalue weighted by Gasteiger charge is 2.15. The maximum Gasteiger partial charge on any atom is 0.153 e. The Bertz CT molecular complexity index is 481. The largest absolute Gasteiger partial charge is 0.389 e. The number of hydrogen-bond donors (Lipinski definition) is 2. The number of hydroxylamine groups is 1. The number of unbranched alkanes of at least 4 members (excludes halogenated alkanes) is 1. The predicted molar refractivity (Wildman–Crippen MR) is 103 cm³/mol. The number of halogens is 1. The third kappa shape index (κ3) is 8.63. The lowest BCUT2D eigenvalue weighted by Crippen LogP contribution is -2.39. The minimum Gasteiger partial charge on any atom is -0.389 e. The molecule has 0 bridgehead atoms. The molecule has 1 fully saturated rings. The number of piperidine rings is 1. The summed E-state index contributed by atoms with van der Waals surface area (Å²) >= 11 is 0. The first-order valence-corrected chi connectivity index (χ1v) is 9.02. The lowest BCUT2D eigenvalue weighted by atomic mass is 10.1. The molecule has 1 saturated heterocycles. The standard InChI is InChI=1S/C18H30N4O2.ClH/c1-2-3-10-20-18(16-8-7-9-19-13-16)21-24-15-17(23)14-22-11-5-4-6-12-22;/h7-9,13,17,23H,2-6,10-12,14-15H2,1H3,(H,20,21);1H. The quantitative estimate of drug-likeness (QED) is 0.302. The molecule has 6 nitrogen and oxygen atoms in total. The molecule has 0 aromatic carbocycles. The van der Waals surface area contributed by atoms with Crippen molar-refractivity contribution < 1.29 is 9.94 Å². The summed E-state index contributed by atoms with van der Waals surface area (Å²) in [6.07, 6.45) is 8.86. The fraction of sp³-hybridized carbons (Fsp3) is 0.667. The van der Waals surface area contributed by atoms with Crippen molar-refractivity contribution in [2.45, 2.75) is 45.1 Å². The van der Waals surface area contributed by atoms with Gasteiger partial charge in [-0.2, -0.15) is 0 Å². The monoisotopic (exact) mass is 370 g/mol. The zero-order valence-electron chi connectivity index (χ0n) is 15.1. The molecule has 2 heterocycles. The maximum absolute atomic E-state index is 10.1. The molecule has 1 unspecified atom stereocenters. The number of aliphatic hydroxyl groups excluding tert-OH is 1. The van der Waals surface area contributed by atoms with Crippen LogP contribution in [0.15, 0.2) is 29.5 Å². The van der Waals surface area contributed by atoms with E-state index in [0.29, 0.717) is 12.4 Å². The minimum absolute atomic E-state index is 0. The number of hydrogen-bond acceptors (Lipinski definition) is 5. The van der Waals surface area contributed by atoms with Gasteiger partial charge in [-0.1, -0.05) is 19.8 Å². The van der Waals surface area contributed by atoms with Gasteiger partial charge in [0.05, 0.1) is 6.10 Å². The van der Waals surface area contributed by atoms with Crippen LogP contribution in [0.25, 0.3) is 0 Å². The molecule has 1 aromatic heterocycles. The predicted octanol–water partition coefficient (Wildman–Crippen LogP) is 2.42. The molecule has 1 aliphatic rings. The van der Waals surface area contributed by atoms with Gasteiger partial charge in [0.2, 0.25) is 0 Å². The highest BCUT2D eigenvalue weighted by Crippen LogP contribution is 2.09. The molecule has 1 aromatic rings. The van der Waals surface area contributed by atoms with Crippen molar-refractivity contribution in [3.63, 3.8) is 0 Å². The van der Waals surface area contributed by atoms with E-state index in [1.807, 2.05) is 12.1 Å². The second-order valence-corrected chi connectivity index (χ2v) is 6.25. The van der Waals surface area contributed by atoms with Crippen molar-refractivity contribution in [2.75, 3.05) is 32.8 Å². The molecule has 7 heteroatoms. The molecule has 0 spiro atoms. The SMILES string of the molecule is CCCCN=C(NOCC(O)CN1CCCCC1)c1cccnc1.Cl. The number of nitrogens with one attached hydrogen (secondary N) is 1. The molecular formula is C18H31ClN4O2. The summed E-state index contributed by atoms with van der Waals surface area (Å²) in [5.41, 5.74) is 3.78. The van der Waals surface area contributed by atoms with Crippen LogP contribution in [0.4, 0.5) is 0 Å². The molecule has 25 heavy (non-hydrogen) atoms. The third-order valence-corrected chi connectivity index (χ3v) is 4.08. The van der Waals surface area contributed by atoms with Gasteiger partial charge in [0.15, 0.2) is 5.84 Å². The third-order valence-electron chi connectivity index (χ3n) is 4.08. The first-order chi connectivity index (χ1) is 11.8. The lowest BCUT2D eigenvalue weighted by Gasteiger charge is -2.28. The van der Waals surface area contributed by atoms with Gasteiger partial charge in [-0.05, 0) is 44.5 Å². The Morgan fingerprint density at radius 3 is 2.88 bits per heavy atom. The fourth-order valence-corrected chi connectivity index (χ4v) is 2.73. The van der Waals surface area contributed by atoms with Crippen molar-refractivity contribution in [2.24, 2.45) is 4.99 Å². The highest BCUT2D eigenvalue weighted by molar-refractivity contribution is 5.97. The van der Waals surface area contributed by atoms with E-state index in [9.17, 15) is 5.11 Å². The summed E-state index contributed by atoms with van der Waals surface area (Å²) in [4.78, 5) is 16.5. The van der Waals surface area contributed by atoms with E-state index in [1.54, 1.807) is 12.4 Å². The summed E-state index contributed by atoms with van der Waals surface area (Å²) in [6, 6.07) is 3.82. The van der Waals surface area contributed by atoms with Gasteiger partial charge in [-0.3, -0.25) is 14.8 Å². The van der Waals surface area contributed by atoms with E-state index >= 15 is 0 Å². The zero-order chi connectivity index (χ0) is 17.0. The van der Waals surface area contributed by atoms with E-state index < -0.39 is 6.10 Å². The summed E-state index contributed by atoms with van der Waals surface area (Å²) in [6.45, 7) is 5.93. The fourth-order valence-electron chi connectivity index (χ4n) is 2.73. The van der Waals surface area contributed by atoms with E-state index in [1.165, 1.54) is 19.3 Å². The molecule has 1 aliphatic heterocycles. The number of rotatable bonds is 9. The first-order valence-electron chi connectivity index (χ1n) is 9.02. The Morgan fingerprint density at radius 2 is 2.20 bits per heavy atom. The van der Waals surface area contributed by atoms with Crippen LogP contribution in [-0.4, -0.2) is 59.7 Å². The second-order valence-electron chi connectivity index (χ2n) is 6.25. The van der Waals surface area contributed by atoms with Gasteiger partial charge in [0.25, 0.3) is 0 Å². The summed E-state index contributed by atoms with van der Waals surface area (Å²) < 4.78 is 0. The minimum atomic E-state index is -0.499. The molecule has 142 valence electrons. The van der Waals surface area contributed by atoms with Gasteiger partial charge < -0.3 is 10.0 Å². The van der Waals surface area contributed by atoms with Gasteiger partial charge in [0.1, 0.15) is 6.61 Å². The van der Waals surface area contributed by atoms with Crippen LogP contribution in [0.2, 0.25) is 0 Å². The topological polar surface area (TPSA) is 70.0 Å². The van der Waals surface area contributed by atoms with E-state index in [0.717, 1.165) is 38.0 Å². The lowest BCUT2D eigenvalue weighted by molar-refractivity contribution is -0.00937. The molecule has 0 amide bonds. The second kappa shape index (κ2) is 13.1. The van der Waals surface area contributed by atoms with Crippen molar-refractivity contribution in [1.82, 2.24) is 15.4 Å².